The van der Waals surface area contributed by atoms with Crippen LogP contribution in [0.4, 0.5) is 0 Å². The highest BCUT2D eigenvalue weighted by Gasteiger charge is 2.25. The molecule has 1 aromatic carbocycles. The van der Waals surface area contributed by atoms with Gasteiger partial charge >= 0.3 is 0 Å². The molecule has 1 aromatic rings. The highest BCUT2D eigenvalue weighted by molar-refractivity contribution is 5.79. The largest absolute Gasteiger partial charge is 0.484 e. The van der Waals surface area contributed by atoms with E-state index in [0.29, 0.717) is 31.7 Å². The fraction of sp³-hybridized carbons (Fsp3) is 0.500. The van der Waals surface area contributed by atoms with E-state index >= 15 is 0 Å². The topological polar surface area (TPSA) is 72.6 Å². The van der Waals surface area contributed by atoms with Gasteiger partial charge < -0.3 is 15.4 Å². The standard InChI is InChI=1S/C16H22N2O3/c1-2-12-3-5-14(6-4-12)21-11-15(19)18-9-7-13(8-10-18)16(17)20/h3-6,13H,2,7-11H2,1H3,(H2,17,20). The van der Waals surface area contributed by atoms with Crippen LogP contribution in [0.3, 0.4) is 0 Å². The Hall–Kier alpha value is -2.04. The summed E-state index contributed by atoms with van der Waals surface area (Å²) in [5.74, 6) is 0.288. The Bertz CT molecular complexity index is 491. The average Bonchev–Trinajstić information content (AvgIpc) is 2.53. The maximum atomic E-state index is 12.1. The first-order valence-corrected chi connectivity index (χ1v) is 7.39. The van der Waals surface area contributed by atoms with Gasteiger partial charge in [-0.3, -0.25) is 9.59 Å². The molecular formula is C16H22N2O3. The van der Waals surface area contributed by atoms with Crippen LogP contribution in [0.1, 0.15) is 25.3 Å². The minimum absolute atomic E-state index is 0.0344. The van der Waals surface area contributed by atoms with Gasteiger partial charge in [-0.2, -0.15) is 0 Å². The van der Waals surface area contributed by atoms with Crippen LogP contribution in [0.5, 0.6) is 5.75 Å². The summed E-state index contributed by atoms with van der Waals surface area (Å²) in [5.41, 5.74) is 6.52. The minimum Gasteiger partial charge on any atom is -0.484 e. The van der Waals surface area contributed by atoms with Crippen molar-refractivity contribution in [3.63, 3.8) is 0 Å². The normalized spacial score (nSPS) is 15.8. The summed E-state index contributed by atoms with van der Waals surface area (Å²) < 4.78 is 5.51. The highest BCUT2D eigenvalue weighted by Crippen LogP contribution is 2.17. The van der Waals surface area contributed by atoms with E-state index in [1.54, 1.807) is 4.90 Å². The minimum atomic E-state index is -0.269. The maximum Gasteiger partial charge on any atom is 0.260 e. The Morgan fingerprint density at radius 3 is 2.38 bits per heavy atom. The van der Waals surface area contributed by atoms with Crippen LogP contribution in [0.2, 0.25) is 0 Å². The number of nitrogens with zero attached hydrogens (tertiary/aromatic N) is 1. The molecule has 1 aliphatic heterocycles. The third-order valence-corrected chi connectivity index (χ3v) is 3.94. The number of benzene rings is 1. The van der Waals surface area contributed by atoms with Gasteiger partial charge in [0.15, 0.2) is 6.61 Å². The molecule has 2 rings (SSSR count). The molecular weight excluding hydrogens is 268 g/mol. The molecule has 1 aliphatic rings. The predicted molar refractivity (Wildman–Crippen MR) is 79.8 cm³/mol. The van der Waals surface area contributed by atoms with Gasteiger partial charge in [0.1, 0.15) is 5.75 Å². The zero-order chi connectivity index (χ0) is 15.2. The molecule has 0 aromatic heterocycles. The van der Waals surface area contributed by atoms with Crippen molar-refractivity contribution in [2.24, 2.45) is 11.7 Å². The van der Waals surface area contributed by atoms with Gasteiger partial charge in [-0.25, -0.2) is 0 Å². The van der Waals surface area contributed by atoms with Crippen molar-refractivity contribution in [3.05, 3.63) is 29.8 Å². The van der Waals surface area contributed by atoms with Crippen LogP contribution in [0, 0.1) is 5.92 Å². The number of ether oxygens (including phenoxy) is 1. The Balaban J connectivity index is 1.78. The molecule has 0 atom stereocenters. The molecule has 0 unspecified atom stereocenters. The number of hydrogen-bond acceptors (Lipinski definition) is 3. The zero-order valence-electron chi connectivity index (χ0n) is 12.4. The van der Waals surface area contributed by atoms with E-state index in [2.05, 4.69) is 6.92 Å². The van der Waals surface area contributed by atoms with Gasteiger partial charge in [-0.1, -0.05) is 19.1 Å². The molecule has 114 valence electrons. The fourth-order valence-electron chi connectivity index (χ4n) is 2.47. The smallest absolute Gasteiger partial charge is 0.260 e. The molecule has 0 aliphatic carbocycles. The van der Waals surface area contributed by atoms with Crippen molar-refractivity contribution in [1.82, 2.24) is 4.90 Å². The van der Waals surface area contributed by atoms with Crippen LogP contribution < -0.4 is 10.5 Å². The summed E-state index contributed by atoms with van der Waals surface area (Å²) in [4.78, 5) is 24.9. The lowest BCUT2D eigenvalue weighted by atomic mass is 9.96. The van der Waals surface area contributed by atoms with Gasteiger partial charge in [-0.15, -0.1) is 0 Å². The highest BCUT2D eigenvalue weighted by atomic mass is 16.5. The molecule has 0 saturated carbocycles. The number of piperidine rings is 1. The molecule has 0 spiro atoms. The molecule has 2 amide bonds. The Labute approximate surface area is 125 Å². The molecule has 0 bridgehead atoms. The summed E-state index contributed by atoms with van der Waals surface area (Å²) in [6.45, 7) is 3.27. The van der Waals surface area contributed by atoms with Crippen molar-refractivity contribution in [2.75, 3.05) is 19.7 Å². The first kappa shape index (κ1) is 15.4. The molecule has 0 radical (unpaired) electrons. The average molecular weight is 290 g/mol. The molecule has 1 heterocycles. The second kappa shape index (κ2) is 7.11. The molecule has 5 nitrogen and oxygen atoms in total. The van der Waals surface area contributed by atoms with E-state index < -0.39 is 0 Å². The third-order valence-electron chi connectivity index (χ3n) is 3.94. The number of likely N-dealkylation sites (tertiary alicyclic amines) is 1. The zero-order valence-corrected chi connectivity index (χ0v) is 12.4. The maximum absolute atomic E-state index is 12.1. The number of aryl methyl sites for hydroxylation is 1. The van der Waals surface area contributed by atoms with Crippen LogP contribution >= 0.6 is 0 Å². The van der Waals surface area contributed by atoms with Crippen molar-refractivity contribution in [1.29, 1.82) is 0 Å². The molecule has 2 N–H and O–H groups in total. The lowest BCUT2D eigenvalue weighted by molar-refractivity contribution is -0.136. The van der Waals surface area contributed by atoms with Gasteiger partial charge in [0.25, 0.3) is 5.91 Å². The van der Waals surface area contributed by atoms with Crippen LogP contribution in [0.15, 0.2) is 24.3 Å². The third kappa shape index (κ3) is 4.21. The number of rotatable bonds is 5. The van der Waals surface area contributed by atoms with E-state index in [1.807, 2.05) is 24.3 Å². The Morgan fingerprint density at radius 2 is 1.86 bits per heavy atom. The molecule has 5 heteroatoms. The van der Waals surface area contributed by atoms with Crippen molar-refractivity contribution in [3.8, 4) is 5.75 Å². The second-order valence-corrected chi connectivity index (χ2v) is 5.34. The lowest BCUT2D eigenvalue weighted by Crippen LogP contribution is -2.43. The van der Waals surface area contributed by atoms with Gasteiger partial charge in [0.05, 0.1) is 0 Å². The Kier molecular flexibility index (Phi) is 5.20. The summed E-state index contributed by atoms with van der Waals surface area (Å²) in [5, 5.41) is 0. The van der Waals surface area contributed by atoms with Crippen LogP contribution in [-0.4, -0.2) is 36.4 Å². The second-order valence-electron chi connectivity index (χ2n) is 5.34. The van der Waals surface area contributed by atoms with Crippen molar-refractivity contribution >= 4 is 11.8 Å². The van der Waals surface area contributed by atoms with Crippen LogP contribution in [-0.2, 0) is 16.0 Å². The van der Waals surface area contributed by atoms with Gasteiger partial charge in [0, 0.05) is 19.0 Å². The van der Waals surface area contributed by atoms with Gasteiger partial charge in [-0.05, 0) is 37.0 Å². The first-order chi connectivity index (χ1) is 10.1. The van der Waals surface area contributed by atoms with E-state index in [4.69, 9.17) is 10.5 Å². The number of amides is 2. The predicted octanol–water partition coefficient (Wildman–Crippen LogP) is 1.35. The lowest BCUT2D eigenvalue weighted by Gasteiger charge is -2.30. The van der Waals surface area contributed by atoms with Crippen molar-refractivity contribution in [2.45, 2.75) is 26.2 Å². The van der Waals surface area contributed by atoms with E-state index in [9.17, 15) is 9.59 Å². The van der Waals surface area contributed by atoms with E-state index in [0.717, 1.165) is 6.42 Å². The summed E-state index contributed by atoms with van der Waals surface area (Å²) in [7, 11) is 0. The molecule has 1 saturated heterocycles. The SMILES string of the molecule is CCc1ccc(OCC(=O)N2CCC(C(N)=O)CC2)cc1. The Morgan fingerprint density at radius 1 is 1.24 bits per heavy atom. The summed E-state index contributed by atoms with van der Waals surface area (Å²) in [6, 6.07) is 7.76. The number of hydrogen-bond donors (Lipinski definition) is 1. The van der Waals surface area contributed by atoms with Crippen molar-refractivity contribution < 1.29 is 14.3 Å². The van der Waals surface area contributed by atoms with Gasteiger partial charge in [0.2, 0.25) is 5.91 Å². The molecule has 21 heavy (non-hydrogen) atoms. The summed E-state index contributed by atoms with van der Waals surface area (Å²) in [6.07, 6.45) is 2.27. The van der Waals surface area contributed by atoms with E-state index in [-0.39, 0.29) is 24.3 Å². The quantitative estimate of drug-likeness (QED) is 0.889. The number of carbonyl (C=O) groups excluding carboxylic acids is 2. The number of primary amides is 1. The fourth-order valence-corrected chi connectivity index (χ4v) is 2.47. The number of carbonyl (C=O) groups is 2. The number of nitrogens with two attached hydrogens (primary N) is 1. The van der Waals surface area contributed by atoms with Crippen LogP contribution in [0.25, 0.3) is 0 Å². The first-order valence-electron chi connectivity index (χ1n) is 7.39. The summed E-state index contributed by atoms with van der Waals surface area (Å²) >= 11 is 0. The van der Waals surface area contributed by atoms with E-state index in [1.165, 1.54) is 5.56 Å². The molecule has 1 fully saturated rings. The monoisotopic (exact) mass is 290 g/mol.